The highest BCUT2D eigenvalue weighted by atomic mass is 19.4. The average molecular weight is 361 g/mol. The van der Waals surface area contributed by atoms with E-state index in [1.54, 1.807) is 12.0 Å². The molecule has 0 spiro atoms. The van der Waals surface area contributed by atoms with E-state index in [1.807, 2.05) is 0 Å². The van der Waals surface area contributed by atoms with Gasteiger partial charge in [-0.25, -0.2) is 9.78 Å². The van der Waals surface area contributed by atoms with Crippen LogP contribution in [0, 0.1) is 6.92 Å². The van der Waals surface area contributed by atoms with Crippen molar-refractivity contribution in [3.63, 3.8) is 0 Å². The topological polar surface area (TPSA) is 139 Å². The molecular formula is C12H14F3N7O3. The number of carbonyl (C=O) groups excluding carboxylic acids is 1. The lowest BCUT2D eigenvalue weighted by Gasteiger charge is -2.23. The van der Waals surface area contributed by atoms with Crippen LogP contribution in [0.5, 0.6) is 0 Å². The molecule has 0 fully saturated rings. The summed E-state index contributed by atoms with van der Waals surface area (Å²) in [4.78, 5) is 30.4. The molecule has 3 N–H and O–H groups in total. The molecule has 10 nitrogen and oxygen atoms in total. The van der Waals surface area contributed by atoms with Crippen LogP contribution in [0.2, 0.25) is 0 Å². The Morgan fingerprint density at radius 1 is 1.32 bits per heavy atom. The lowest BCUT2D eigenvalue weighted by molar-refractivity contribution is -0.145. The van der Waals surface area contributed by atoms with Gasteiger partial charge in [0.25, 0.3) is 11.9 Å². The lowest BCUT2D eigenvalue weighted by atomic mass is 9.99. The smallest absolute Gasteiger partial charge is 0.451 e. The van der Waals surface area contributed by atoms with Crippen LogP contribution in [0.25, 0.3) is 5.95 Å². The number of amides is 1. The second-order valence-corrected chi connectivity index (χ2v) is 5.32. The SMILES string of the molecule is CCC(C)(NC(=O)c1nc(C)n(-c2n[nH]c(C(F)(F)F)n2)n1)C(=O)O. The van der Waals surface area contributed by atoms with Crippen LogP contribution in [-0.4, -0.2) is 52.5 Å². The van der Waals surface area contributed by atoms with Crippen molar-refractivity contribution in [2.24, 2.45) is 0 Å². The Morgan fingerprint density at radius 3 is 2.44 bits per heavy atom. The van der Waals surface area contributed by atoms with E-state index in [9.17, 15) is 22.8 Å². The number of aromatic amines is 1. The van der Waals surface area contributed by atoms with Gasteiger partial charge < -0.3 is 10.4 Å². The van der Waals surface area contributed by atoms with Crippen LogP contribution in [-0.2, 0) is 11.0 Å². The maximum Gasteiger partial charge on any atom is 0.451 e. The molecule has 0 aliphatic carbocycles. The summed E-state index contributed by atoms with van der Waals surface area (Å²) in [5.74, 6) is -4.28. The van der Waals surface area contributed by atoms with Crippen molar-refractivity contribution >= 4 is 11.9 Å². The van der Waals surface area contributed by atoms with Gasteiger partial charge in [0.2, 0.25) is 11.6 Å². The third-order valence-electron chi connectivity index (χ3n) is 3.47. The first kappa shape index (κ1) is 18.4. The third kappa shape index (κ3) is 3.59. The predicted molar refractivity (Wildman–Crippen MR) is 74.8 cm³/mol. The van der Waals surface area contributed by atoms with Crippen LogP contribution in [0.15, 0.2) is 0 Å². The van der Waals surface area contributed by atoms with Gasteiger partial charge in [-0.15, -0.1) is 10.2 Å². The Balaban J connectivity index is 2.29. The van der Waals surface area contributed by atoms with E-state index in [-0.39, 0.29) is 12.2 Å². The molecule has 1 atom stereocenters. The maximum atomic E-state index is 12.6. The number of nitrogens with one attached hydrogen (secondary N) is 2. The van der Waals surface area contributed by atoms with E-state index in [0.29, 0.717) is 0 Å². The number of aliphatic carboxylic acids is 1. The molecule has 2 rings (SSSR count). The van der Waals surface area contributed by atoms with Gasteiger partial charge in [-0.05, 0) is 20.3 Å². The summed E-state index contributed by atoms with van der Waals surface area (Å²) in [6, 6.07) is 0. The van der Waals surface area contributed by atoms with Gasteiger partial charge in [0.1, 0.15) is 11.4 Å². The van der Waals surface area contributed by atoms with E-state index >= 15 is 0 Å². The zero-order valence-electron chi connectivity index (χ0n) is 13.3. The number of hydrogen-bond acceptors (Lipinski definition) is 6. The second kappa shape index (κ2) is 6.14. The largest absolute Gasteiger partial charge is 0.480 e. The number of alkyl halides is 3. The standard InChI is InChI=1S/C12H14F3N7O3/c1-4-11(3,9(24)25)18-7(23)6-16-5(2)22(21-6)10-17-8(19-20-10)12(13,14)15/h4H2,1-3H3,(H,18,23)(H,24,25)(H,17,19,20). The monoisotopic (exact) mass is 361 g/mol. The lowest BCUT2D eigenvalue weighted by Crippen LogP contribution is -2.52. The number of hydrogen-bond donors (Lipinski definition) is 3. The Bertz CT molecular complexity index is 813. The first-order chi connectivity index (χ1) is 11.5. The van der Waals surface area contributed by atoms with Crippen molar-refractivity contribution in [1.82, 2.24) is 35.3 Å². The van der Waals surface area contributed by atoms with Gasteiger partial charge >= 0.3 is 12.1 Å². The molecule has 0 radical (unpaired) electrons. The molecule has 0 bridgehead atoms. The molecule has 2 aromatic rings. The summed E-state index contributed by atoms with van der Waals surface area (Å²) in [5.41, 5.74) is -1.54. The highest BCUT2D eigenvalue weighted by Gasteiger charge is 2.36. The van der Waals surface area contributed by atoms with Gasteiger partial charge in [-0.1, -0.05) is 6.92 Å². The number of carboxylic acid groups (broad SMARTS) is 1. The number of H-pyrrole nitrogens is 1. The zero-order chi connectivity index (χ0) is 19.0. The van der Waals surface area contributed by atoms with Crippen LogP contribution in [0.4, 0.5) is 13.2 Å². The van der Waals surface area contributed by atoms with Crippen molar-refractivity contribution in [1.29, 1.82) is 0 Å². The molecule has 136 valence electrons. The van der Waals surface area contributed by atoms with Crippen molar-refractivity contribution < 1.29 is 27.9 Å². The fraction of sp³-hybridized carbons (Fsp3) is 0.500. The highest BCUT2D eigenvalue weighted by Crippen LogP contribution is 2.26. The number of aromatic nitrogens is 6. The van der Waals surface area contributed by atoms with Crippen LogP contribution >= 0.6 is 0 Å². The quantitative estimate of drug-likeness (QED) is 0.712. The van der Waals surface area contributed by atoms with E-state index < -0.39 is 41.2 Å². The molecule has 25 heavy (non-hydrogen) atoms. The highest BCUT2D eigenvalue weighted by molar-refractivity contribution is 5.94. The van der Waals surface area contributed by atoms with Crippen LogP contribution in [0.1, 0.15) is 42.5 Å². The van der Waals surface area contributed by atoms with E-state index in [4.69, 9.17) is 5.11 Å². The third-order valence-corrected chi connectivity index (χ3v) is 3.47. The van der Waals surface area contributed by atoms with Crippen molar-refractivity contribution in [3.05, 3.63) is 17.5 Å². The van der Waals surface area contributed by atoms with Crippen LogP contribution in [0.3, 0.4) is 0 Å². The summed E-state index contributed by atoms with van der Waals surface area (Å²) in [6.45, 7) is 4.25. The number of rotatable bonds is 5. The summed E-state index contributed by atoms with van der Waals surface area (Å²) in [5, 5.41) is 20.3. The molecule has 1 amide bonds. The first-order valence-corrected chi connectivity index (χ1v) is 6.97. The van der Waals surface area contributed by atoms with Gasteiger partial charge in [0, 0.05) is 0 Å². The average Bonchev–Trinajstić information content (AvgIpc) is 3.12. The Hall–Kier alpha value is -2.99. The molecule has 2 aromatic heterocycles. The summed E-state index contributed by atoms with van der Waals surface area (Å²) >= 11 is 0. The van der Waals surface area contributed by atoms with Crippen molar-refractivity contribution in [3.8, 4) is 5.95 Å². The molecule has 0 saturated carbocycles. The number of carboxylic acids is 1. The maximum absolute atomic E-state index is 12.6. The fourth-order valence-corrected chi connectivity index (χ4v) is 1.75. The summed E-state index contributed by atoms with van der Waals surface area (Å²) in [7, 11) is 0. The number of carbonyl (C=O) groups is 2. The zero-order valence-corrected chi connectivity index (χ0v) is 13.3. The minimum atomic E-state index is -4.72. The molecular weight excluding hydrogens is 347 g/mol. The fourth-order valence-electron chi connectivity index (χ4n) is 1.75. The Labute approximate surface area is 138 Å². The predicted octanol–water partition coefficient (Wildman–Crippen LogP) is 0.696. The van der Waals surface area contributed by atoms with Gasteiger partial charge in [0.15, 0.2) is 0 Å². The van der Waals surface area contributed by atoms with Crippen LogP contribution < -0.4 is 5.32 Å². The number of halogens is 3. The summed E-state index contributed by atoms with van der Waals surface area (Å²) < 4.78 is 38.5. The minimum absolute atomic E-state index is 0.0476. The molecule has 2 heterocycles. The van der Waals surface area contributed by atoms with Crippen molar-refractivity contribution in [2.75, 3.05) is 0 Å². The number of nitrogens with zero attached hydrogens (tertiary/aromatic N) is 5. The molecule has 0 aliphatic heterocycles. The van der Waals surface area contributed by atoms with Gasteiger partial charge in [-0.2, -0.15) is 22.8 Å². The van der Waals surface area contributed by atoms with E-state index in [2.05, 4.69) is 25.5 Å². The summed E-state index contributed by atoms with van der Waals surface area (Å²) in [6.07, 6.45) is -4.62. The Kier molecular flexibility index (Phi) is 4.51. The molecule has 0 saturated heterocycles. The minimum Gasteiger partial charge on any atom is -0.480 e. The normalized spacial score (nSPS) is 14.2. The van der Waals surface area contributed by atoms with Crippen molar-refractivity contribution in [2.45, 2.75) is 38.9 Å². The molecule has 13 heteroatoms. The van der Waals surface area contributed by atoms with Gasteiger partial charge in [0.05, 0.1) is 0 Å². The second-order valence-electron chi connectivity index (χ2n) is 5.32. The van der Waals surface area contributed by atoms with E-state index in [0.717, 1.165) is 4.68 Å². The molecule has 0 aliphatic rings. The first-order valence-electron chi connectivity index (χ1n) is 6.97. The Morgan fingerprint density at radius 2 is 1.96 bits per heavy atom. The molecule has 1 unspecified atom stereocenters. The van der Waals surface area contributed by atoms with E-state index in [1.165, 1.54) is 13.8 Å². The molecule has 0 aromatic carbocycles. The van der Waals surface area contributed by atoms with Gasteiger partial charge in [-0.3, -0.25) is 9.89 Å². The number of aryl methyl sites for hydroxylation is 1.